The van der Waals surface area contributed by atoms with Crippen molar-refractivity contribution in [2.24, 2.45) is 5.92 Å². The third kappa shape index (κ3) is 4.40. The van der Waals surface area contributed by atoms with E-state index in [9.17, 15) is 0 Å². The molecule has 1 unspecified atom stereocenters. The molecule has 0 spiro atoms. The average Bonchev–Trinajstić information content (AvgIpc) is 2.68. The van der Waals surface area contributed by atoms with Crippen LogP contribution in [-0.4, -0.2) is 24.2 Å². The van der Waals surface area contributed by atoms with E-state index in [1.54, 1.807) is 10.9 Å². The number of hydrogen-bond donors (Lipinski definition) is 0. The van der Waals surface area contributed by atoms with Crippen molar-refractivity contribution in [2.45, 2.75) is 32.2 Å². The second kappa shape index (κ2) is 8.30. The van der Waals surface area contributed by atoms with Crippen molar-refractivity contribution in [3.05, 3.63) is 71.3 Å². The standard InChI is InChI=1S/C23H28NP/c1-2-6-20(7-3-1)18-24-15-13-19(14-16-24)11-12-22-9-4-8-21-10-5-17-25-23(21)22/h1-10,19,25H,11-18H2. The number of aryl methyl sites for hydroxylation is 1. The Hall–Kier alpha value is -1.43. The molecular formula is C23H28NP. The van der Waals surface area contributed by atoms with E-state index < -0.39 is 0 Å². The molecule has 2 aromatic carbocycles. The highest BCUT2D eigenvalue weighted by Crippen LogP contribution is 2.27. The van der Waals surface area contributed by atoms with Gasteiger partial charge < -0.3 is 0 Å². The maximum absolute atomic E-state index is 2.63. The molecule has 1 saturated heterocycles. The minimum atomic E-state index is 0.908. The van der Waals surface area contributed by atoms with Gasteiger partial charge in [0.15, 0.2) is 0 Å². The fraction of sp³-hybridized carbons (Fsp3) is 0.391. The Labute approximate surface area is 153 Å². The summed E-state index contributed by atoms with van der Waals surface area (Å²) in [5.74, 6) is 0.908. The highest BCUT2D eigenvalue weighted by Gasteiger charge is 2.20. The van der Waals surface area contributed by atoms with Gasteiger partial charge in [0, 0.05) is 6.54 Å². The molecule has 2 heterocycles. The van der Waals surface area contributed by atoms with Gasteiger partial charge in [-0.05, 0) is 72.8 Å². The highest BCUT2D eigenvalue weighted by atomic mass is 31.1. The average molecular weight is 349 g/mol. The fourth-order valence-electron chi connectivity index (χ4n) is 4.16. The first-order chi connectivity index (χ1) is 12.4. The van der Waals surface area contributed by atoms with E-state index in [1.165, 1.54) is 56.1 Å². The van der Waals surface area contributed by atoms with Crippen LogP contribution in [-0.2, 0) is 13.0 Å². The second-order valence-corrected chi connectivity index (χ2v) is 8.67. The number of likely N-dealkylation sites (tertiary alicyclic amines) is 1. The molecule has 130 valence electrons. The van der Waals surface area contributed by atoms with Crippen LogP contribution < -0.4 is 5.30 Å². The summed E-state index contributed by atoms with van der Waals surface area (Å²) in [6, 6.07) is 17.8. The summed E-state index contributed by atoms with van der Waals surface area (Å²) in [5.41, 5.74) is 4.54. The lowest BCUT2D eigenvalue weighted by Crippen LogP contribution is -2.33. The van der Waals surface area contributed by atoms with Gasteiger partial charge >= 0.3 is 0 Å². The van der Waals surface area contributed by atoms with Crippen molar-refractivity contribution in [3.63, 3.8) is 0 Å². The molecule has 1 nitrogen and oxygen atoms in total. The topological polar surface area (TPSA) is 3.24 Å². The molecule has 0 aromatic heterocycles. The van der Waals surface area contributed by atoms with Gasteiger partial charge in [0.2, 0.25) is 0 Å². The van der Waals surface area contributed by atoms with Crippen molar-refractivity contribution >= 4 is 20.0 Å². The van der Waals surface area contributed by atoms with E-state index >= 15 is 0 Å². The lowest BCUT2D eigenvalue weighted by atomic mass is 9.90. The molecule has 25 heavy (non-hydrogen) atoms. The van der Waals surface area contributed by atoms with Crippen LogP contribution in [0.3, 0.4) is 0 Å². The van der Waals surface area contributed by atoms with Crippen LogP contribution in [0.15, 0.2) is 54.6 Å². The number of piperidine rings is 1. The Balaban J connectivity index is 1.28. The largest absolute Gasteiger partial charge is 0.299 e. The predicted octanol–water partition coefficient (Wildman–Crippen LogP) is 4.86. The summed E-state index contributed by atoms with van der Waals surface area (Å²) in [7, 11) is 0.975. The lowest BCUT2D eigenvalue weighted by molar-refractivity contribution is 0.172. The third-order valence-electron chi connectivity index (χ3n) is 5.66. The van der Waals surface area contributed by atoms with Gasteiger partial charge in [-0.2, -0.15) is 0 Å². The summed E-state index contributed by atoms with van der Waals surface area (Å²) in [5, 5.41) is 1.64. The molecule has 2 aliphatic heterocycles. The van der Waals surface area contributed by atoms with E-state index in [1.807, 2.05) is 0 Å². The number of fused-ring (bicyclic) bond motifs is 1. The SMILES string of the molecule is C1=Cc2cccc(CCC3CCN(Cc4ccccc4)CC3)c2PC1. The van der Waals surface area contributed by atoms with E-state index in [0.29, 0.717) is 0 Å². The lowest BCUT2D eigenvalue weighted by Gasteiger charge is -2.32. The Morgan fingerprint density at radius 1 is 0.960 bits per heavy atom. The van der Waals surface area contributed by atoms with Gasteiger partial charge in [-0.15, -0.1) is 0 Å². The predicted molar refractivity (Wildman–Crippen MR) is 111 cm³/mol. The van der Waals surface area contributed by atoms with Crippen LogP contribution >= 0.6 is 8.58 Å². The molecule has 2 aromatic rings. The van der Waals surface area contributed by atoms with E-state index in [2.05, 4.69) is 65.6 Å². The summed E-state index contributed by atoms with van der Waals surface area (Å²) >= 11 is 0. The molecule has 2 heteroatoms. The molecule has 1 fully saturated rings. The van der Waals surface area contributed by atoms with Crippen molar-refractivity contribution in [3.8, 4) is 0 Å². The van der Waals surface area contributed by atoms with Gasteiger partial charge in [-0.25, -0.2) is 0 Å². The third-order valence-corrected chi connectivity index (χ3v) is 7.06. The van der Waals surface area contributed by atoms with Crippen molar-refractivity contribution in [1.29, 1.82) is 0 Å². The number of allylic oxidation sites excluding steroid dienone is 1. The smallest absolute Gasteiger partial charge is 0.0233 e. The maximum Gasteiger partial charge on any atom is 0.0233 e. The number of benzene rings is 2. The first-order valence-electron chi connectivity index (χ1n) is 9.67. The van der Waals surface area contributed by atoms with E-state index in [0.717, 1.165) is 21.0 Å². The zero-order chi connectivity index (χ0) is 16.9. The van der Waals surface area contributed by atoms with Crippen LogP contribution in [0.2, 0.25) is 0 Å². The maximum atomic E-state index is 2.63. The van der Waals surface area contributed by atoms with E-state index in [-0.39, 0.29) is 0 Å². The summed E-state index contributed by atoms with van der Waals surface area (Å²) in [6.07, 6.45) is 11.2. The monoisotopic (exact) mass is 349 g/mol. The van der Waals surface area contributed by atoms with Gasteiger partial charge in [-0.3, -0.25) is 4.90 Å². The zero-order valence-corrected chi connectivity index (χ0v) is 16.0. The number of nitrogens with zero attached hydrogens (tertiary/aromatic N) is 1. The van der Waals surface area contributed by atoms with Gasteiger partial charge in [0.05, 0.1) is 0 Å². The zero-order valence-electron chi connectivity index (χ0n) is 15.0. The molecule has 2 aliphatic rings. The van der Waals surface area contributed by atoms with E-state index in [4.69, 9.17) is 0 Å². The summed E-state index contributed by atoms with van der Waals surface area (Å²) < 4.78 is 0. The number of hydrogen-bond acceptors (Lipinski definition) is 1. The fourth-order valence-corrected chi connectivity index (χ4v) is 5.41. The van der Waals surface area contributed by atoms with Crippen molar-refractivity contribution in [1.82, 2.24) is 4.90 Å². The van der Waals surface area contributed by atoms with Crippen LogP contribution in [0.5, 0.6) is 0 Å². The minimum absolute atomic E-state index is 0.908. The molecule has 0 radical (unpaired) electrons. The number of rotatable bonds is 5. The Morgan fingerprint density at radius 3 is 2.64 bits per heavy atom. The van der Waals surface area contributed by atoms with Crippen LogP contribution in [0.25, 0.3) is 6.08 Å². The normalized spacial score (nSPS) is 19.2. The first kappa shape index (κ1) is 17.0. The Bertz CT molecular complexity index is 714. The summed E-state index contributed by atoms with van der Waals surface area (Å²) in [4.78, 5) is 2.63. The summed E-state index contributed by atoms with van der Waals surface area (Å²) in [6.45, 7) is 3.64. The Morgan fingerprint density at radius 2 is 1.80 bits per heavy atom. The molecule has 0 saturated carbocycles. The van der Waals surface area contributed by atoms with Crippen molar-refractivity contribution in [2.75, 3.05) is 19.3 Å². The molecule has 1 atom stereocenters. The molecule has 0 N–H and O–H groups in total. The van der Waals surface area contributed by atoms with Crippen LogP contribution in [0.1, 0.15) is 36.0 Å². The van der Waals surface area contributed by atoms with Gasteiger partial charge in [0.1, 0.15) is 0 Å². The van der Waals surface area contributed by atoms with Crippen LogP contribution in [0.4, 0.5) is 0 Å². The Kier molecular flexibility index (Phi) is 5.65. The molecule has 0 bridgehead atoms. The van der Waals surface area contributed by atoms with Gasteiger partial charge in [0.25, 0.3) is 0 Å². The quantitative estimate of drug-likeness (QED) is 0.697. The molecule has 0 aliphatic carbocycles. The highest BCUT2D eigenvalue weighted by molar-refractivity contribution is 7.47. The molecular weight excluding hydrogens is 321 g/mol. The molecule has 4 rings (SSSR count). The van der Waals surface area contributed by atoms with Crippen molar-refractivity contribution < 1.29 is 0 Å². The van der Waals surface area contributed by atoms with Crippen LogP contribution in [0, 0.1) is 5.92 Å². The van der Waals surface area contributed by atoms with Gasteiger partial charge in [-0.1, -0.05) is 69.3 Å². The minimum Gasteiger partial charge on any atom is -0.299 e. The molecule has 0 amide bonds. The first-order valence-corrected chi connectivity index (χ1v) is 10.9. The second-order valence-electron chi connectivity index (χ2n) is 7.41.